The average molecular weight is 915 g/mol. The van der Waals surface area contributed by atoms with E-state index in [4.69, 9.17) is 0 Å². The monoisotopic (exact) mass is 914 g/mol. The van der Waals surface area contributed by atoms with Gasteiger partial charge in [-0.1, -0.05) is 212 Å². The maximum atomic E-state index is 2.42. The topological polar surface area (TPSA) is 8.17 Å². The van der Waals surface area contributed by atoms with Crippen LogP contribution in [0.15, 0.2) is 279 Å². The highest BCUT2D eigenvalue weighted by Gasteiger charge is 2.21. The summed E-state index contributed by atoms with van der Waals surface area (Å²) in [5, 5.41) is 12.4. The van der Waals surface area contributed by atoms with Gasteiger partial charge < -0.3 is 9.47 Å². The number of aromatic nitrogens is 1. The standard InChI is InChI=1S/C70H46N2/c1-4-18-50(19-5-1)69-63-27-13-12-25-59(63)60-42-36-52(46-65(60)70(69)51-20-6-2-7-21-51)47-31-38-55(39-32-47)71(66-30-16-28-58-57-24-11-10-17-49(57)35-43-62(58)66)56-40-33-48(34-41-56)53-37-44-68-64(45-53)61-26-14-15-29-67(61)72(68)54-22-8-3-9-23-54/h1-46H. The first kappa shape index (κ1) is 41.5. The van der Waals surface area contributed by atoms with Crippen molar-refractivity contribution in [2.45, 2.75) is 0 Å². The van der Waals surface area contributed by atoms with Gasteiger partial charge in [-0.15, -0.1) is 0 Å². The molecule has 0 saturated carbocycles. The predicted octanol–water partition coefficient (Wildman–Crippen LogP) is 19.5. The molecule has 0 aliphatic carbocycles. The summed E-state index contributed by atoms with van der Waals surface area (Å²) in [6.45, 7) is 0. The maximum Gasteiger partial charge on any atom is 0.0541 e. The molecule has 0 bridgehead atoms. The molecular formula is C70H46N2. The molecule has 0 aliphatic heterocycles. The lowest BCUT2D eigenvalue weighted by molar-refractivity contribution is 1.18. The summed E-state index contributed by atoms with van der Waals surface area (Å²) < 4.78 is 2.37. The normalized spacial score (nSPS) is 11.6. The van der Waals surface area contributed by atoms with E-state index < -0.39 is 0 Å². The number of fused-ring (bicyclic) bond motifs is 9. The van der Waals surface area contributed by atoms with E-state index >= 15 is 0 Å². The summed E-state index contributed by atoms with van der Waals surface area (Å²) in [7, 11) is 0. The fourth-order valence-corrected chi connectivity index (χ4v) is 11.4. The summed E-state index contributed by atoms with van der Waals surface area (Å²) in [6.07, 6.45) is 0. The van der Waals surface area contributed by atoms with Crippen molar-refractivity contribution in [1.29, 1.82) is 0 Å². The van der Waals surface area contributed by atoms with Crippen LogP contribution in [0.1, 0.15) is 0 Å². The third-order valence-corrected chi connectivity index (χ3v) is 14.8. The van der Waals surface area contributed by atoms with Gasteiger partial charge in [0, 0.05) is 33.2 Å². The van der Waals surface area contributed by atoms with E-state index in [1.807, 2.05) is 0 Å². The van der Waals surface area contributed by atoms with Crippen molar-refractivity contribution in [3.05, 3.63) is 279 Å². The van der Waals surface area contributed by atoms with Crippen molar-refractivity contribution in [2.24, 2.45) is 0 Å². The molecule has 14 aromatic rings. The van der Waals surface area contributed by atoms with Gasteiger partial charge in [-0.25, -0.2) is 0 Å². The van der Waals surface area contributed by atoms with Crippen molar-refractivity contribution < 1.29 is 0 Å². The van der Waals surface area contributed by atoms with Crippen LogP contribution in [-0.2, 0) is 0 Å². The first-order valence-electron chi connectivity index (χ1n) is 24.8. The number of nitrogens with zero attached hydrogens (tertiary/aromatic N) is 2. The van der Waals surface area contributed by atoms with Crippen LogP contribution in [0.5, 0.6) is 0 Å². The summed E-state index contributed by atoms with van der Waals surface area (Å²) >= 11 is 0. The highest BCUT2D eigenvalue weighted by atomic mass is 15.1. The fraction of sp³-hybridized carbons (Fsp3) is 0. The Morgan fingerprint density at radius 3 is 1.38 bits per heavy atom. The number of benzene rings is 13. The lowest BCUT2D eigenvalue weighted by Gasteiger charge is -2.27. The van der Waals surface area contributed by atoms with Crippen molar-refractivity contribution >= 4 is 82.0 Å². The van der Waals surface area contributed by atoms with E-state index in [9.17, 15) is 0 Å². The van der Waals surface area contributed by atoms with Gasteiger partial charge in [0.2, 0.25) is 0 Å². The molecule has 72 heavy (non-hydrogen) atoms. The third-order valence-electron chi connectivity index (χ3n) is 14.8. The zero-order valence-corrected chi connectivity index (χ0v) is 39.5. The average Bonchev–Trinajstić information content (AvgIpc) is 3.79. The lowest BCUT2D eigenvalue weighted by atomic mass is 9.84. The molecule has 0 N–H and O–H groups in total. The van der Waals surface area contributed by atoms with Crippen molar-refractivity contribution in [1.82, 2.24) is 4.57 Å². The van der Waals surface area contributed by atoms with Gasteiger partial charge in [0.15, 0.2) is 0 Å². The van der Waals surface area contributed by atoms with Gasteiger partial charge >= 0.3 is 0 Å². The molecule has 1 heterocycles. The largest absolute Gasteiger partial charge is 0.310 e. The third kappa shape index (κ3) is 6.88. The molecule has 13 aromatic carbocycles. The highest BCUT2D eigenvalue weighted by Crippen LogP contribution is 2.47. The number of rotatable bonds is 8. The zero-order valence-electron chi connectivity index (χ0n) is 39.5. The first-order chi connectivity index (χ1) is 35.7. The number of anilines is 3. The van der Waals surface area contributed by atoms with Gasteiger partial charge in [0.05, 0.1) is 16.7 Å². The second-order valence-corrected chi connectivity index (χ2v) is 18.8. The van der Waals surface area contributed by atoms with Crippen LogP contribution < -0.4 is 4.90 Å². The van der Waals surface area contributed by atoms with Crippen LogP contribution in [0.3, 0.4) is 0 Å². The Morgan fingerprint density at radius 1 is 0.236 bits per heavy atom. The summed E-state index contributed by atoms with van der Waals surface area (Å²) in [5.74, 6) is 0. The Balaban J connectivity index is 0.900. The van der Waals surface area contributed by atoms with Crippen LogP contribution in [0.2, 0.25) is 0 Å². The van der Waals surface area contributed by atoms with Gasteiger partial charge in [0.1, 0.15) is 0 Å². The van der Waals surface area contributed by atoms with E-state index in [0.29, 0.717) is 0 Å². The molecule has 14 rings (SSSR count). The zero-order chi connectivity index (χ0) is 47.5. The molecule has 0 saturated heterocycles. The molecule has 0 spiro atoms. The van der Waals surface area contributed by atoms with Crippen molar-refractivity contribution in [2.75, 3.05) is 4.90 Å². The predicted molar refractivity (Wildman–Crippen MR) is 307 cm³/mol. The van der Waals surface area contributed by atoms with E-state index in [1.165, 1.54) is 104 Å². The molecule has 0 fully saturated rings. The van der Waals surface area contributed by atoms with Crippen molar-refractivity contribution in [3.8, 4) is 50.2 Å². The molecule has 0 unspecified atom stereocenters. The minimum atomic E-state index is 1.09. The molecule has 0 radical (unpaired) electrons. The van der Waals surface area contributed by atoms with Gasteiger partial charge in [-0.3, -0.25) is 0 Å². The SMILES string of the molecule is c1ccc(-c2c(-c3ccccc3)c3cc(-c4ccc(N(c5ccc(-c6ccc7c(c6)c6ccccc6n7-c6ccccc6)cc5)c5cccc6c5ccc5ccccc56)cc4)ccc3c3ccccc23)cc1. The first-order valence-corrected chi connectivity index (χ1v) is 24.8. The molecule has 336 valence electrons. The minimum absolute atomic E-state index is 1.09. The molecule has 0 aliphatic rings. The van der Waals surface area contributed by atoms with Crippen LogP contribution in [0, 0.1) is 0 Å². The smallest absolute Gasteiger partial charge is 0.0541 e. The summed E-state index contributed by atoms with van der Waals surface area (Å²) in [4.78, 5) is 2.42. The molecule has 0 amide bonds. The quantitative estimate of drug-likeness (QED) is 0.138. The van der Waals surface area contributed by atoms with E-state index in [0.717, 1.165) is 28.3 Å². The van der Waals surface area contributed by atoms with E-state index in [-0.39, 0.29) is 0 Å². The maximum absolute atomic E-state index is 2.42. The molecule has 0 atom stereocenters. The Kier molecular flexibility index (Phi) is 9.89. The highest BCUT2D eigenvalue weighted by molar-refractivity contribution is 6.22. The number of hydrogen-bond donors (Lipinski definition) is 0. The van der Waals surface area contributed by atoms with Crippen LogP contribution in [0.4, 0.5) is 17.1 Å². The minimum Gasteiger partial charge on any atom is -0.310 e. The summed E-state index contributed by atoms with van der Waals surface area (Å²) in [5.41, 5.74) is 16.5. The number of para-hydroxylation sites is 2. The Morgan fingerprint density at radius 2 is 0.694 bits per heavy atom. The fourth-order valence-electron chi connectivity index (χ4n) is 11.4. The van der Waals surface area contributed by atoms with E-state index in [1.54, 1.807) is 0 Å². The molecule has 1 aromatic heterocycles. The van der Waals surface area contributed by atoms with Gasteiger partial charge in [-0.05, 0) is 149 Å². The Hall–Kier alpha value is -9.50. The molecule has 2 nitrogen and oxygen atoms in total. The second-order valence-electron chi connectivity index (χ2n) is 18.8. The van der Waals surface area contributed by atoms with E-state index in [2.05, 4.69) is 289 Å². The Bertz CT molecular complexity index is 4340. The molecular weight excluding hydrogens is 869 g/mol. The van der Waals surface area contributed by atoms with Gasteiger partial charge in [0.25, 0.3) is 0 Å². The van der Waals surface area contributed by atoms with Crippen molar-refractivity contribution in [3.63, 3.8) is 0 Å². The lowest BCUT2D eigenvalue weighted by Crippen LogP contribution is -2.10. The van der Waals surface area contributed by atoms with Crippen LogP contribution in [-0.4, -0.2) is 4.57 Å². The van der Waals surface area contributed by atoms with Crippen LogP contribution in [0.25, 0.3) is 115 Å². The van der Waals surface area contributed by atoms with Crippen LogP contribution >= 0.6 is 0 Å². The molecule has 2 heteroatoms. The second kappa shape index (κ2) is 17.2. The van der Waals surface area contributed by atoms with Gasteiger partial charge in [-0.2, -0.15) is 0 Å². The Labute approximate surface area is 418 Å². The summed E-state index contributed by atoms with van der Waals surface area (Å²) in [6, 6.07) is 102. The number of hydrogen-bond acceptors (Lipinski definition) is 1.